The standard InChI is InChI=1S/C31H37NO4/c1-4-8-27-29(17-14-24-12-15-25(20-32)36-30(24)27)35-18-7-5-6-9-23-13-16-26(21(2)33)31(34-3)28(23)19-22-10-11-22/h6,9,13-14,16-17,22,25H,4-5,7-8,10-12,15,18-19H2,1-3H3/b9-6-. The molecule has 1 saturated carbocycles. The van der Waals surface area contributed by atoms with Crippen molar-refractivity contribution in [2.75, 3.05) is 13.7 Å². The number of carbonyl (C=O) groups excluding carboxylic acids is 1. The summed E-state index contributed by atoms with van der Waals surface area (Å²) in [6.45, 7) is 4.35. The van der Waals surface area contributed by atoms with Gasteiger partial charge in [0.15, 0.2) is 11.9 Å². The van der Waals surface area contributed by atoms with Gasteiger partial charge in [-0.05, 0) is 81.0 Å². The van der Waals surface area contributed by atoms with Crippen molar-refractivity contribution in [3.8, 4) is 23.3 Å². The molecule has 1 aliphatic carbocycles. The Morgan fingerprint density at radius 3 is 2.72 bits per heavy atom. The predicted octanol–water partition coefficient (Wildman–Crippen LogP) is 6.89. The Kier molecular flexibility index (Phi) is 8.70. The summed E-state index contributed by atoms with van der Waals surface area (Å²) in [4.78, 5) is 12.1. The van der Waals surface area contributed by atoms with Crippen LogP contribution in [0.1, 0.15) is 85.0 Å². The van der Waals surface area contributed by atoms with Crippen LogP contribution < -0.4 is 14.2 Å². The highest BCUT2D eigenvalue weighted by Gasteiger charge is 2.26. The summed E-state index contributed by atoms with van der Waals surface area (Å²) in [7, 11) is 1.65. The lowest BCUT2D eigenvalue weighted by atomic mass is 9.95. The SMILES string of the molecule is CCCc1c(OCCC/C=C\c2ccc(C(C)=O)c(OC)c2CC2CC2)ccc2c1OC(C#N)CC2. The van der Waals surface area contributed by atoms with Gasteiger partial charge in [-0.2, -0.15) is 5.26 Å². The fourth-order valence-electron chi connectivity index (χ4n) is 4.93. The molecule has 190 valence electrons. The van der Waals surface area contributed by atoms with E-state index in [2.05, 4.69) is 37.3 Å². The number of rotatable bonds is 12. The molecule has 0 bridgehead atoms. The molecule has 1 heterocycles. The maximum Gasteiger partial charge on any atom is 0.184 e. The number of nitriles is 1. The van der Waals surface area contributed by atoms with E-state index in [1.807, 2.05) is 12.1 Å². The van der Waals surface area contributed by atoms with Crippen molar-refractivity contribution in [3.63, 3.8) is 0 Å². The van der Waals surface area contributed by atoms with Crippen molar-refractivity contribution in [2.24, 2.45) is 5.92 Å². The number of nitrogens with zero attached hydrogens (tertiary/aromatic N) is 1. The van der Waals surface area contributed by atoms with Gasteiger partial charge in [0.05, 0.1) is 19.3 Å². The summed E-state index contributed by atoms with van der Waals surface area (Å²) in [5.41, 5.74) is 5.21. The van der Waals surface area contributed by atoms with Crippen LogP contribution in [0.3, 0.4) is 0 Å². The number of allylic oxidation sites excluding steroid dienone is 1. The zero-order valence-corrected chi connectivity index (χ0v) is 21.8. The van der Waals surface area contributed by atoms with E-state index in [1.165, 1.54) is 18.4 Å². The maximum absolute atomic E-state index is 12.1. The van der Waals surface area contributed by atoms with Crippen LogP contribution in [0, 0.1) is 17.2 Å². The number of unbranched alkanes of at least 4 members (excludes halogenated alkanes) is 1. The molecule has 0 amide bonds. The lowest BCUT2D eigenvalue weighted by Gasteiger charge is -2.25. The van der Waals surface area contributed by atoms with Crippen LogP contribution >= 0.6 is 0 Å². The number of Topliss-reactive ketones (excluding diaryl/α,β-unsaturated/α-hetero) is 1. The second-order valence-corrected chi connectivity index (χ2v) is 9.87. The summed E-state index contributed by atoms with van der Waals surface area (Å²) in [5, 5.41) is 9.31. The van der Waals surface area contributed by atoms with Crippen LogP contribution in [0.15, 0.2) is 30.3 Å². The van der Waals surface area contributed by atoms with Crippen molar-refractivity contribution in [2.45, 2.75) is 77.7 Å². The summed E-state index contributed by atoms with van der Waals surface area (Å²) < 4.78 is 17.9. The number of carbonyl (C=O) groups is 1. The maximum atomic E-state index is 12.1. The van der Waals surface area contributed by atoms with Gasteiger partial charge in [0.2, 0.25) is 0 Å². The third kappa shape index (κ3) is 6.10. The molecule has 36 heavy (non-hydrogen) atoms. The van der Waals surface area contributed by atoms with Gasteiger partial charge in [0.1, 0.15) is 23.3 Å². The van der Waals surface area contributed by atoms with Gasteiger partial charge in [-0.3, -0.25) is 4.79 Å². The van der Waals surface area contributed by atoms with Crippen LogP contribution in [0.4, 0.5) is 0 Å². The van der Waals surface area contributed by atoms with Crippen molar-refractivity contribution in [3.05, 3.63) is 58.2 Å². The molecule has 0 saturated heterocycles. The second kappa shape index (κ2) is 12.1. The van der Waals surface area contributed by atoms with Crippen LogP contribution in [0.25, 0.3) is 6.08 Å². The Balaban J connectivity index is 1.39. The number of benzene rings is 2. The summed E-state index contributed by atoms with van der Waals surface area (Å²) in [5.74, 6) is 3.20. The minimum absolute atomic E-state index is 0.0368. The number of hydrogen-bond acceptors (Lipinski definition) is 5. The third-order valence-electron chi connectivity index (χ3n) is 7.02. The van der Waals surface area contributed by atoms with E-state index >= 15 is 0 Å². The van der Waals surface area contributed by atoms with Crippen LogP contribution in [0.2, 0.25) is 0 Å². The zero-order chi connectivity index (χ0) is 25.5. The molecule has 0 N–H and O–H groups in total. The molecule has 0 spiro atoms. The van der Waals surface area contributed by atoms with Gasteiger partial charge in [-0.25, -0.2) is 0 Å². The summed E-state index contributed by atoms with van der Waals surface area (Å²) in [6.07, 6.45) is 12.7. The first-order valence-electron chi connectivity index (χ1n) is 13.3. The Morgan fingerprint density at radius 2 is 2.03 bits per heavy atom. The Labute approximate surface area is 215 Å². The van der Waals surface area contributed by atoms with Crippen molar-refractivity contribution in [1.29, 1.82) is 5.26 Å². The molecular weight excluding hydrogens is 450 g/mol. The molecule has 4 rings (SSSR count). The third-order valence-corrected chi connectivity index (χ3v) is 7.02. The molecule has 2 aromatic carbocycles. The van der Waals surface area contributed by atoms with Gasteiger partial charge in [-0.15, -0.1) is 0 Å². The zero-order valence-electron chi connectivity index (χ0n) is 21.8. The van der Waals surface area contributed by atoms with Gasteiger partial charge in [0.25, 0.3) is 0 Å². The summed E-state index contributed by atoms with van der Waals surface area (Å²) >= 11 is 0. The summed E-state index contributed by atoms with van der Waals surface area (Å²) in [6, 6.07) is 10.3. The predicted molar refractivity (Wildman–Crippen MR) is 142 cm³/mol. The molecule has 2 aromatic rings. The number of methoxy groups -OCH3 is 1. The highest BCUT2D eigenvalue weighted by atomic mass is 16.5. The molecular formula is C31H37NO4. The number of ketones is 1. The van der Waals surface area contributed by atoms with Gasteiger partial charge in [0, 0.05) is 17.5 Å². The Bertz CT molecular complexity index is 1160. The van der Waals surface area contributed by atoms with E-state index in [4.69, 9.17) is 14.2 Å². The van der Waals surface area contributed by atoms with E-state index in [0.717, 1.165) is 78.9 Å². The monoisotopic (exact) mass is 487 g/mol. The number of fused-ring (bicyclic) bond motifs is 1. The quantitative estimate of drug-likeness (QED) is 0.241. The number of aryl methyl sites for hydroxylation is 1. The topological polar surface area (TPSA) is 68.6 Å². The Hall–Kier alpha value is -3.26. The van der Waals surface area contributed by atoms with E-state index < -0.39 is 0 Å². The smallest absolute Gasteiger partial charge is 0.184 e. The average molecular weight is 488 g/mol. The molecule has 5 nitrogen and oxygen atoms in total. The van der Waals surface area contributed by atoms with E-state index in [1.54, 1.807) is 14.0 Å². The molecule has 0 aromatic heterocycles. The van der Waals surface area contributed by atoms with Crippen LogP contribution in [0.5, 0.6) is 17.2 Å². The first-order valence-corrected chi connectivity index (χ1v) is 13.3. The van der Waals surface area contributed by atoms with Crippen LogP contribution in [-0.4, -0.2) is 25.6 Å². The van der Waals surface area contributed by atoms with Crippen molar-refractivity contribution >= 4 is 11.9 Å². The van der Waals surface area contributed by atoms with E-state index in [-0.39, 0.29) is 11.9 Å². The minimum atomic E-state index is -0.374. The van der Waals surface area contributed by atoms with Crippen LogP contribution in [-0.2, 0) is 19.3 Å². The lowest BCUT2D eigenvalue weighted by Crippen LogP contribution is -2.22. The molecule has 5 heteroatoms. The molecule has 1 unspecified atom stereocenters. The van der Waals surface area contributed by atoms with Gasteiger partial charge < -0.3 is 14.2 Å². The minimum Gasteiger partial charge on any atom is -0.496 e. The highest BCUT2D eigenvalue weighted by Crippen LogP contribution is 2.39. The molecule has 1 aliphatic heterocycles. The van der Waals surface area contributed by atoms with Crippen molar-refractivity contribution < 1.29 is 19.0 Å². The first kappa shape index (κ1) is 25.8. The lowest BCUT2D eigenvalue weighted by molar-refractivity contribution is 0.101. The molecule has 1 atom stereocenters. The second-order valence-electron chi connectivity index (χ2n) is 9.87. The van der Waals surface area contributed by atoms with E-state index in [0.29, 0.717) is 18.1 Å². The van der Waals surface area contributed by atoms with Crippen molar-refractivity contribution in [1.82, 2.24) is 0 Å². The fraction of sp³-hybridized carbons (Fsp3) is 0.484. The molecule has 2 aliphatic rings. The highest BCUT2D eigenvalue weighted by molar-refractivity contribution is 5.97. The van der Waals surface area contributed by atoms with Gasteiger partial charge >= 0.3 is 0 Å². The average Bonchev–Trinajstić information content (AvgIpc) is 3.71. The largest absolute Gasteiger partial charge is 0.496 e. The van der Waals surface area contributed by atoms with E-state index in [9.17, 15) is 10.1 Å². The Morgan fingerprint density at radius 1 is 1.19 bits per heavy atom. The number of ether oxygens (including phenoxy) is 3. The molecule has 0 radical (unpaired) electrons. The van der Waals surface area contributed by atoms with Gasteiger partial charge in [-0.1, -0.05) is 37.6 Å². The molecule has 1 fully saturated rings. The number of hydrogen-bond donors (Lipinski definition) is 0. The normalized spacial score (nSPS) is 16.8. The fourth-order valence-corrected chi connectivity index (χ4v) is 4.93. The first-order chi connectivity index (χ1) is 17.5.